The summed E-state index contributed by atoms with van der Waals surface area (Å²) in [5, 5.41) is 9.62. The van der Waals surface area contributed by atoms with Gasteiger partial charge in [0.2, 0.25) is 5.91 Å². The summed E-state index contributed by atoms with van der Waals surface area (Å²) in [4.78, 5) is 26.9. The number of unbranched alkanes of at least 4 members (excludes halogenated alkanes) is 6. The Kier molecular flexibility index (Phi) is 7.98. The molecule has 0 radical (unpaired) electrons. The van der Waals surface area contributed by atoms with Gasteiger partial charge in [-0.3, -0.25) is 9.59 Å². The Morgan fingerprint density at radius 1 is 0.880 bits per heavy atom. The molecule has 4 nitrogen and oxygen atoms in total. The van der Waals surface area contributed by atoms with Crippen molar-refractivity contribution < 1.29 is 14.7 Å². The van der Waals surface area contributed by atoms with Gasteiger partial charge in [-0.1, -0.05) is 64.5 Å². The van der Waals surface area contributed by atoms with Crippen molar-refractivity contribution in [1.82, 2.24) is 4.90 Å². The van der Waals surface area contributed by atoms with Gasteiger partial charge in [0.25, 0.3) is 0 Å². The summed E-state index contributed by atoms with van der Waals surface area (Å²) < 4.78 is 0. The highest BCUT2D eigenvalue weighted by Gasteiger charge is 2.52. The summed E-state index contributed by atoms with van der Waals surface area (Å²) in [5.41, 5.74) is 0. The smallest absolute Gasteiger partial charge is 0.307 e. The molecule has 0 saturated heterocycles. The van der Waals surface area contributed by atoms with Crippen molar-refractivity contribution in [2.75, 3.05) is 13.1 Å². The maximum absolute atomic E-state index is 13.2. The lowest BCUT2D eigenvalue weighted by Crippen LogP contribution is -2.43. The van der Waals surface area contributed by atoms with Gasteiger partial charge in [-0.2, -0.15) is 0 Å². The highest BCUT2D eigenvalue weighted by atomic mass is 16.4. The van der Waals surface area contributed by atoms with Crippen molar-refractivity contribution in [3.8, 4) is 0 Å². The van der Waals surface area contributed by atoms with Crippen LogP contribution < -0.4 is 0 Å². The highest BCUT2D eigenvalue weighted by Crippen LogP contribution is 2.48. The molecule has 0 aromatic heterocycles. The van der Waals surface area contributed by atoms with Crippen molar-refractivity contribution in [2.24, 2.45) is 23.7 Å². The van der Waals surface area contributed by atoms with Crippen LogP contribution in [0.25, 0.3) is 0 Å². The summed E-state index contributed by atoms with van der Waals surface area (Å²) in [7, 11) is 0. The topological polar surface area (TPSA) is 57.6 Å². The molecular formula is C21H35NO3. The molecule has 4 unspecified atom stereocenters. The van der Waals surface area contributed by atoms with E-state index in [1.807, 2.05) is 11.0 Å². The van der Waals surface area contributed by atoms with E-state index >= 15 is 0 Å². The summed E-state index contributed by atoms with van der Waals surface area (Å²) >= 11 is 0. The fraction of sp³-hybridized carbons (Fsp3) is 0.810. The van der Waals surface area contributed by atoms with Crippen LogP contribution in [0.2, 0.25) is 0 Å². The number of carboxylic acids is 1. The van der Waals surface area contributed by atoms with Gasteiger partial charge < -0.3 is 10.0 Å². The van der Waals surface area contributed by atoms with Gasteiger partial charge >= 0.3 is 5.97 Å². The predicted octanol–water partition coefficient (Wildman–Crippen LogP) is 4.50. The second-order valence-electron chi connectivity index (χ2n) is 7.78. The summed E-state index contributed by atoms with van der Waals surface area (Å²) in [6, 6.07) is 0. The second kappa shape index (κ2) is 9.98. The number of carbonyl (C=O) groups excluding carboxylic acids is 1. The van der Waals surface area contributed by atoms with Crippen LogP contribution in [-0.4, -0.2) is 35.0 Å². The maximum Gasteiger partial charge on any atom is 0.307 e. The van der Waals surface area contributed by atoms with Crippen LogP contribution in [0.5, 0.6) is 0 Å². The Morgan fingerprint density at radius 3 is 1.88 bits per heavy atom. The number of carboxylic acid groups (broad SMARTS) is 1. The van der Waals surface area contributed by atoms with Crippen LogP contribution in [0.4, 0.5) is 0 Å². The molecule has 0 spiro atoms. The first-order valence-electron chi connectivity index (χ1n) is 10.3. The minimum atomic E-state index is -0.799. The third-order valence-corrected chi connectivity index (χ3v) is 5.90. The van der Waals surface area contributed by atoms with E-state index in [9.17, 15) is 14.7 Å². The quantitative estimate of drug-likeness (QED) is 0.417. The molecule has 1 saturated carbocycles. The number of rotatable bonds is 12. The molecular weight excluding hydrogens is 314 g/mol. The number of hydrogen-bond acceptors (Lipinski definition) is 2. The first kappa shape index (κ1) is 20.0. The highest BCUT2D eigenvalue weighted by molar-refractivity contribution is 5.87. The van der Waals surface area contributed by atoms with Crippen molar-refractivity contribution in [1.29, 1.82) is 0 Å². The molecule has 1 N–H and O–H groups in total. The Bertz CT molecular complexity index is 462. The zero-order chi connectivity index (χ0) is 18.2. The lowest BCUT2D eigenvalue weighted by Gasteiger charge is -2.31. The summed E-state index contributed by atoms with van der Waals surface area (Å²) in [5.74, 6) is -1.38. The van der Waals surface area contributed by atoms with Gasteiger partial charge in [0.05, 0.1) is 11.8 Å². The number of amides is 1. The number of allylic oxidation sites excluding steroid dienone is 2. The lowest BCUT2D eigenvalue weighted by atomic mass is 9.82. The van der Waals surface area contributed by atoms with E-state index in [1.54, 1.807) is 0 Å². The van der Waals surface area contributed by atoms with Gasteiger partial charge in [-0.25, -0.2) is 0 Å². The van der Waals surface area contributed by atoms with Gasteiger partial charge in [0.1, 0.15) is 0 Å². The minimum absolute atomic E-state index is 0.0542. The van der Waals surface area contributed by atoms with Gasteiger partial charge in [-0.05, 0) is 31.1 Å². The first-order chi connectivity index (χ1) is 12.1. The van der Waals surface area contributed by atoms with Crippen LogP contribution in [0.15, 0.2) is 12.2 Å². The third-order valence-electron chi connectivity index (χ3n) is 5.90. The molecule has 0 aromatic rings. The molecule has 142 valence electrons. The molecule has 0 heterocycles. The molecule has 25 heavy (non-hydrogen) atoms. The monoisotopic (exact) mass is 349 g/mol. The van der Waals surface area contributed by atoms with E-state index in [0.29, 0.717) is 0 Å². The van der Waals surface area contributed by atoms with Gasteiger partial charge in [0, 0.05) is 13.1 Å². The normalized spacial score (nSPS) is 27.0. The molecule has 2 aliphatic rings. The van der Waals surface area contributed by atoms with Crippen molar-refractivity contribution in [3.05, 3.63) is 12.2 Å². The van der Waals surface area contributed by atoms with Crippen molar-refractivity contribution in [3.63, 3.8) is 0 Å². The predicted molar refractivity (Wildman–Crippen MR) is 100 cm³/mol. The fourth-order valence-electron chi connectivity index (χ4n) is 4.50. The molecule has 4 atom stereocenters. The molecule has 1 fully saturated rings. The SMILES string of the molecule is CCCCCCN(CCCCCC)C(=O)C1C2C=CC(C2)C1C(=O)O. The Morgan fingerprint density at radius 2 is 1.40 bits per heavy atom. The fourth-order valence-corrected chi connectivity index (χ4v) is 4.50. The standard InChI is InChI=1S/C21H35NO3/c1-3-5-7-9-13-22(14-10-8-6-4-2)20(23)18-16-11-12-17(15-16)19(18)21(24)25/h11-12,16-19H,3-10,13-15H2,1-2H3,(H,24,25). The van der Waals surface area contributed by atoms with E-state index in [2.05, 4.69) is 19.9 Å². The zero-order valence-electron chi connectivity index (χ0n) is 16.0. The van der Waals surface area contributed by atoms with Crippen molar-refractivity contribution >= 4 is 11.9 Å². The minimum Gasteiger partial charge on any atom is -0.481 e. The van der Waals surface area contributed by atoms with E-state index in [1.165, 1.54) is 25.7 Å². The van der Waals surface area contributed by atoms with E-state index in [0.717, 1.165) is 45.2 Å². The van der Waals surface area contributed by atoms with Gasteiger partial charge in [-0.15, -0.1) is 0 Å². The van der Waals surface area contributed by atoms with Gasteiger partial charge in [0.15, 0.2) is 0 Å². The molecule has 1 amide bonds. The molecule has 0 aromatic carbocycles. The Balaban J connectivity index is 1.99. The van der Waals surface area contributed by atoms with E-state index in [-0.39, 0.29) is 23.7 Å². The van der Waals surface area contributed by atoms with Crippen LogP contribution in [0, 0.1) is 23.7 Å². The van der Waals surface area contributed by atoms with E-state index < -0.39 is 11.9 Å². The van der Waals surface area contributed by atoms with Crippen LogP contribution >= 0.6 is 0 Å². The molecule has 2 aliphatic carbocycles. The zero-order valence-corrected chi connectivity index (χ0v) is 16.0. The van der Waals surface area contributed by atoms with E-state index in [4.69, 9.17) is 0 Å². The maximum atomic E-state index is 13.2. The lowest BCUT2D eigenvalue weighted by molar-refractivity contribution is -0.151. The molecule has 2 rings (SSSR count). The molecule has 4 heteroatoms. The van der Waals surface area contributed by atoms with Crippen LogP contribution in [0.1, 0.15) is 71.6 Å². The summed E-state index contributed by atoms with van der Waals surface area (Å²) in [6.07, 6.45) is 14.1. The summed E-state index contributed by atoms with van der Waals surface area (Å²) in [6.45, 7) is 5.95. The second-order valence-corrected chi connectivity index (χ2v) is 7.78. The largest absolute Gasteiger partial charge is 0.481 e. The van der Waals surface area contributed by atoms with Crippen LogP contribution in [-0.2, 0) is 9.59 Å². The average Bonchev–Trinajstić information content (AvgIpc) is 3.21. The third kappa shape index (κ3) is 5.08. The number of aliphatic carboxylic acids is 1. The Labute approximate surface area is 152 Å². The molecule has 2 bridgehead atoms. The van der Waals surface area contributed by atoms with Crippen molar-refractivity contribution in [2.45, 2.75) is 71.6 Å². The first-order valence-corrected chi connectivity index (χ1v) is 10.3. The Hall–Kier alpha value is -1.32. The van der Waals surface area contributed by atoms with Crippen LogP contribution in [0.3, 0.4) is 0 Å². The molecule has 0 aliphatic heterocycles. The number of fused-ring (bicyclic) bond motifs is 2. The number of carbonyl (C=O) groups is 2. The average molecular weight is 350 g/mol. The number of hydrogen-bond donors (Lipinski definition) is 1. The number of nitrogens with zero attached hydrogens (tertiary/aromatic N) is 1.